The van der Waals surface area contributed by atoms with Crippen LogP contribution < -0.4 is 0 Å². The summed E-state index contributed by atoms with van der Waals surface area (Å²) >= 11 is 3.11. The van der Waals surface area contributed by atoms with Crippen molar-refractivity contribution < 1.29 is 11.6 Å². The van der Waals surface area contributed by atoms with Crippen LogP contribution in [0.1, 0.15) is 12.4 Å². The molecule has 0 aliphatic carbocycles. The molecule has 1 aromatic rings. The van der Waals surface area contributed by atoms with Gasteiger partial charge in [0.15, 0.2) is 0 Å². The predicted octanol–water partition coefficient (Wildman–Crippen LogP) is 1.99. The number of hydrogen-bond acceptors (Lipinski definition) is 2. The Bertz CT molecular complexity index is 353. The molecule has 0 radical (unpaired) electrons. The first-order valence-corrected chi connectivity index (χ1v) is 3.31. The van der Waals surface area contributed by atoms with Crippen LogP contribution in [-0.4, -0.2) is 12.0 Å². The van der Waals surface area contributed by atoms with Gasteiger partial charge in [-0.3, -0.25) is 4.98 Å². The van der Waals surface area contributed by atoms with E-state index < -0.39 is 13.6 Å². The van der Waals surface area contributed by atoms with Crippen LogP contribution in [0.3, 0.4) is 0 Å². The number of methoxy groups -OCH3 is 1. The molecule has 3 heteroatoms. The van der Waals surface area contributed by atoms with Crippen LogP contribution in [0.4, 0.5) is 0 Å². The molecular formula is C7H8BrNO. The Labute approximate surface area is 75.4 Å². The van der Waals surface area contributed by atoms with Crippen LogP contribution in [0.2, 0.25) is 0 Å². The van der Waals surface area contributed by atoms with Crippen LogP contribution in [0, 0.1) is 0 Å². The largest absolute Gasteiger partial charge is 0.380 e. The van der Waals surface area contributed by atoms with Gasteiger partial charge in [0.1, 0.15) is 0 Å². The quantitative estimate of drug-likeness (QED) is 0.739. The minimum Gasteiger partial charge on any atom is -0.380 e. The summed E-state index contributed by atoms with van der Waals surface area (Å²) in [5.74, 6) is 0. The molecule has 1 rings (SSSR count). The SMILES string of the molecule is [2H]C([2H])([2H])OC([2H])([2H])c1cncc(Br)c1. The Morgan fingerprint density at radius 1 is 1.90 bits per heavy atom. The number of halogens is 1. The van der Waals surface area contributed by atoms with E-state index in [9.17, 15) is 0 Å². The highest BCUT2D eigenvalue weighted by Crippen LogP contribution is 2.09. The van der Waals surface area contributed by atoms with E-state index in [1.165, 1.54) is 18.5 Å². The standard InChI is InChI=1S/C7H8BrNO/c1-10-5-6-2-7(8)4-9-3-6/h2-4H,5H2,1H3/i1D3,5D2. The second-order valence-electron chi connectivity index (χ2n) is 1.60. The Morgan fingerprint density at radius 3 is 3.50 bits per heavy atom. The number of ether oxygens (including phenoxy) is 1. The van der Waals surface area contributed by atoms with E-state index in [1.807, 2.05) is 0 Å². The Kier molecular flexibility index (Phi) is 1.22. The molecule has 1 aromatic heterocycles. The fraction of sp³-hybridized carbons (Fsp3) is 0.286. The number of nitrogens with zero attached hydrogens (tertiary/aromatic N) is 1. The number of rotatable bonds is 2. The van der Waals surface area contributed by atoms with Gasteiger partial charge in [-0.1, -0.05) is 0 Å². The smallest absolute Gasteiger partial charge is 0.0728 e. The second kappa shape index (κ2) is 3.68. The third-order valence-corrected chi connectivity index (χ3v) is 1.31. The van der Waals surface area contributed by atoms with E-state index >= 15 is 0 Å². The lowest BCUT2D eigenvalue weighted by atomic mass is 10.3. The average Bonchev–Trinajstić information content (AvgIpc) is 1.99. The molecule has 0 saturated carbocycles. The molecule has 0 amide bonds. The van der Waals surface area contributed by atoms with Gasteiger partial charge in [0.05, 0.1) is 13.4 Å². The van der Waals surface area contributed by atoms with Crippen molar-refractivity contribution >= 4 is 15.9 Å². The van der Waals surface area contributed by atoms with Gasteiger partial charge in [0.2, 0.25) is 0 Å². The third kappa shape index (κ3) is 2.08. The van der Waals surface area contributed by atoms with Crippen LogP contribution in [-0.2, 0) is 11.3 Å². The van der Waals surface area contributed by atoms with E-state index in [4.69, 9.17) is 6.85 Å². The number of aromatic nitrogens is 1. The predicted molar refractivity (Wildman–Crippen MR) is 42.7 cm³/mol. The van der Waals surface area contributed by atoms with Gasteiger partial charge in [-0.25, -0.2) is 0 Å². The van der Waals surface area contributed by atoms with Crippen molar-refractivity contribution in [2.45, 2.75) is 6.56 Å². The maximum absolute atomic E-state index is 7.44. The van der Waals surface area contributed by atoms with E-state index in [0.717, 1.165) is 0 Å². The lowest BCUT2D eigenvalue weighted by Gasteiger charge is -1.97. The Balaban J connectivity index is 2.95. The second-order valence-corrected chi connectivity index (χ2v) is 2.51. The monoisotopic (exact) mass is 206 g/mol. The van der Waals surface area contributed by atoms with E-state index in [-0.39, 0.29) is 5.56 Å². The van der Waals surface area contributed by atoms with Gasteiger partial charge < -0.3 is 4.74 Å². The molecule has 0 atom stereocenters. The molecule has 0 aliphatic heterocycles. The van der Waals surface area contributed by atoms with Gasteiger partial charge in [0.25, 0.3) is 0 Å². The van der Waals surface area contributed by atoms with Crippen LogP contribution in [0.15, 0.2) is 22.9 Å². The molecule has 0 unspecified atom stereocenters. The highest BCUT2D eigenvalue weighted by molar-refractivity contribution is 9.10. The molecule has 0 N–H and O–H groups in total. The molecule has 0 spiro atoms. The molecule has 1 heterocycles. The van der Waals surface area contributed by atoms with E-state index in [2.05, 4.69) is 25.7 Å². The summed E-state index contributed by atoms with van der Waals surface area (Å²) in [5.41, 5.74) is 0.0491. The summed E-state index contributed by atoms with van der Waals surface area (Å²) in [7, 11) is -2.79. The van der Waals surface area contributed by atoms with Crippen LogP contribution >= 0.6 is 15.9 Å². The van der Waals surface area contributed by atoms with Crippen molar-refractivity contribution in [2.75, 3.05) is 7.04 Å². The summed E-state index contributed by atoms with van der Waals surface area (Å²) < 4.78 is 40.3. The van der Waals surface area contributed by atoms with Crippen molar-refractivity contribution in [3.63, 3.8) is 0 Å². The lowest BCUT2D eigenvalue weighted by Crippen LogP contribution is -1.87. The van der Waals surface area contributed by atoms with Crippen LogP contribution in [0.25, 0.3) is 0 Å². The van der Waals surface area contributed by atoms with E-state index in [1.54, 1.807) is 0 Å². The normalized spacial score (nSPS) is 19.9. The van der Waals surface area contributed by atoms with E-state index in [0.29, 0.717) is 4.47 Å². The van der Waals surface area contributed by atoms with Gasteiger partial charge >= 0.3 is 0 Å². The third-order valence-electron chi connectivity index (χ3n) is 0.874. The Hall–Kier alpha value is -0.410. The van der Waals surface area contributed by atoms with Crippen molar-refractivity contribution in [3.8, 4) is 0 Å². The molecule has 0 aliphatic rings. The zero-order valence-electron chi connectivity index (χ0n) is 9.97. The van der Waals surface area contributed by atoms with Crippen molar-refractivity contribution in [3.05, 3.63) is 28.5 Å². The topological polar surface area (TPSA) is 22.1 Å². The summed E-state index contributed by atoms with van der Waals surface area (Å²) in [4.78, 5) is 3.73. The molecule has 0 aromatic carbocycles. The van der Waals surface area contributed by atoms with Crippen molar-refractivity contribution in [2.24, 2.45) is 0 Å². The van der Waals surface area contributed by atoms with Crippen molar-refractivity contribution in [1.82, 2.24) is 4.98 Å². The molecular weight excluding hydrogens is 194 g/mol. The highest BCUT2D eigenvalue weighted by atomic mass is 79.9. The first-order valence-electron chi connectivity index (χ1n) is 5.02. The van der Waals surface area contributed by atoms with Gasteiger partial charge in [-0.15, -0.1) is 0 Å². The fourth-order valence-corrected chi connectivity index (χ4v) is 0.891. The molecule has 0 fully saturated rings. The fourth-order valence-electron chi connectivity index (χ4n) is 0.527. The minimum absolute atomic E-state index is 0.0491. The molecule has 2 nitrogen and oxygen atoms in total. The van der Waals surface area contributed by atoms with Gasteiger partial charge in [0, 0.05) is 23.9 Å². The van der Waals surface area contributed by atoms with Crippen molar-refractivity contribution in [1.29, 1.82) is 0 Å². The zero-order chi connectivity index (χ0) is 11.7. The van der Waals surface area contributed by atoms with Gasteiger partial charge in [-0.05, 0) is 27.6 Å². The molecule has 54 valence electrons. The number of pyridine rings is 1. The summed E-state index contributed by atoms with van der Waals surface area (Å²) in [6.45, 7) is -2.39. The van der Waals surface area contributed by atoms with Crippen LogP contribution in [0.5, 0.6) is 0 Å². The minimum atomic E-state index is -2.79. The Morgan fingerprint density at radius 2 is 2.80 bits per heavy atom. The first-order chi connectivity index (χ1) is 6.71. The lowest BCUT2D eigenvalue weighted by molar-refractivity contribution is 0.184. The molecule has 0 bridgehead atoms. The highest BCUT2D eigenvalue weighted by Gasteiger charge is 1.91. The maximum atomic E-state index is 7.44. The first kappa shape index (κ1) is 3.32. The molecule has 10 heavy (non-hydrogen) atoms. The summed E-state index contributed by atoms with van der Waals surface area (Å²) in [5, 5.41) is 0. The summed E-state index contributed by atoms with van der Waals surface area (Å²) in [6, 6.07) is 1.42. The molecule has 0 saturated heterocycles. The average molecular weight is 207 g/mol. The summed E-state index contributed by atoms with van der Waals surface area (Å²) in [6.07, 6.45) is 2.69. The maximum Gasteiger partial charge on any atom is 0.0728 e. The van der Waals surface area contributed by atoms with Gasteiger partial charge in [-0.2, -0.15) is 0 Å². The number of hydrogen-bond donors (Lipinski definition) is 0. The zero-order valence-corrected chi connectivity index (χ0v) is 6.55.